The molecular formula is C21H20N2O6. The van der Waals surface area contributed by atoms with Crippen molar-refractivity contribution in [3.63, 3.8) is 0 Å². The molecule has 0 fully saturated rings. The van der Waals surface area contributed by atoms with Crippen LogP contribution in [0.3, 0.4) is 0 Å². The van der Waals surface area contributed by atoms with Gasteiger partial charge in [-0.15, -0.1) is 0 Å². The molecule has 150 valence electrons. The van der Waals surface area contributed by atoms with Crippen molar-refractivity contribution in [3.05, 3.63) is 86.6 Å². The van der Waals surface area contributed by atoms with Gasteiger partial charge < -0.3 is 14.5 Å². The normalized spacial score (nSPS) is 16.4. The fraction of sp³-hybridized carbons (Fsp3) is 0.238. The van der Waals surface area contributed by atoms with Gasteiger partial charge in [0, 0.05) is 28.6 Å². The number of nitro groups is 1. The summed E-state index contributed by atoms with van der Waals surface area (Å²) in [5.74, 6) is -2.00. The van der Waals surface area contributed by atoms with Crippen LogP contribution in [0.2, 0.25) is 0 Å². The Morgan fingerprint density at radius 3 is 2.45 bits per heavy atom. The third kappa shape index (κ3) is 3.69. The molecule has 0 aliphatic carbocycles. The van der Waals surface area contributed by atoms with E-state index < -0.39 is 22.6 Å². The molecule has 3 rings (SSSR count). The molecule has 8 heteroatoms. The predicted octanol–water partition coefficient (Wildman–Crippen LogP) is 3.87. The first kappa shape index (κ1) is 20.1. The summed E-state index contributed by atoms with van der Waals surface area (Å²) in [5.41, 5.74) is 1.35. The molecule has 1 unspecified atom stereocenters. The van der Waals surface area contributed by atoms with E-state index in [-0.39, 0.29) is 34.8 Å². The van der Waals surface area contributed by atoms with Crippen molar-refractivity contribution >= 4 is 17.4 Å². The average Bonchev–Trinajstić information content (AvgIpc) is 3.22. The van der Waals surface area contributed by atoms with E-state index in [0.29, 0.717) is 11.4 Å². The predicted molar refractivity (Wildman–Crippen MR) is 104 cm³/mol. The highest BCUT2D eigenvalue weighted by atomic mass is 16.6. The lowest BCUT2D eigenvalue weighted by Crippen LogP contribution is -2.32. The van der Waals surface area contributed by atoms with Gasteiger partial charge in [-0.1, -0.05) is 18.2 Å². The lowest BCUT2D eigenvalue weighted by Gasteiger charge is -2.30. The average molecular weight is 396 g/mol. The minimum Gasteiger partial charge on any atom is -0.463 e. The van der Waals surface area contributed by atoms with Crippen LogP contribution in [0.1, 0.15) is 42.8 Å². The quantitative estimate of drug-likeness (QED) is 0.341. The Kier molecular flexibility index (Phi) is 5.63. The van der Waals surface area contributed by atoms with Crippen LogP contribution < -0.4 is 5.32 Å². The molecule has 1 aliphatic rings. The highest BCUT2D eigenvalue weighted by Crippen LogP contribution is 2.43. The van der Waals surface area contributed by atoms with Crippen molar-refractivity contribution in [3.8, 4) is 0 Å². The molecule has 0 saturated heterocycles. The molecule has 1 aromatic carbocycles. The first-order chi connectivity index (χ1) is 13.9. The summed E-state index contributed by atoms with van der Waals surface area (Å²) in [4.78, 5) is 37.2. The standard InChI is InChI=1S/C21H20N2O6/c1-4-28-21(25)18-13(3)22-12(2)17(20(24)16-10-7-11-29-16)19(18)14-8-5-6-9-15(14)23(26)27/h5-11,19,22H,4H2,1-3H3. The number of para-hydroxylation sites is 1. The van der Waals surface area contributed by atoms with E-state index >= 15 is 0 Å². The summed E-state index contributed by atoms with van der Waals surface area (Å²) in [5, 5.41) is 14.7. The molecule has 0 bridgehead atoms. The Morgan fingerprint density at radius 1 is 1.14 bits per heavy atom. The number of hydrogen-bond acceptors (Lipinski definition) is 7. The number of ketones is 1. The summed E-state index contributed by atoms with van der Waals surface area (Å²) in [7, 11) is 0. The van der Waals surface area contributed by atoms with Gasteiger partial charge in [0.2, 0.25) is 5.78 Å². The van der Waals surface area contributed by atoms with Gasteiger partial charge in [-0.2, -0.15) is 0 Å². The molecule has 0 amide bonds. The van der Waals surface area contributed by atoms with Gasteiger partial charge in [-0.05, 0) is 32.9 Å². The van der Waals surface area contributed by atoms with Crippen LogP contribution in [0.4, 0.5) is 5.69 Å². The highest BCUT2D eigenvalue weighted by molar-refractivity contribution is 6.11. The van der Waals surface area contributed by atoms with Gasteiger partial charge in [-0.25, -0.2) is 4.79 Å². The highest BCUT2D eigenvalue weighted by Gasteiger charge is 2.40. The van der Waals surface area contributed by atoms with Crippen LogP contribution in [-0.4, -0.2) is 23.3 Å². The van der Waals surface area contributed by atoms with Crippen molar-refractivity contribution in [2.45, 2.75) is 26.7 Å². The van der Waals surface area contributed by atoms with Gasteiger partial charge in [-0.3, -0.25) is 14.9 Å². The Labute approximate surface area is 167 Å². The van der Waals surface area contributed by atoms with E-state index in [1.54, 1.807) is 39.0 Å². The van der Waals surface area contributed by atoms with Crippen LogP contribution >= 0.6 is 0 Å². The number of carbonyl (C=O) groups is 2. The second-order valence-corrected chi connectivity index (χ2v) is 6.48. The van der Waals surface area contributed by atoms with Crippen LogP contribution in [0.15, 0.2) is 69.6 Å². The Hall–Kier alpha value is -3.68. The number of dihydropyridines is 1. The number of benzene rings is 1. The molecule has 1 N–H and O–H groups in total. The summed E-state index contributed by atoms with van der Waals surface area (Å²) >= 11 is 0. The zero-order chi connectivity index (χ0) is 21.1. The molecule has 8 nitrogen and oxygen atoms in total. The van der Waals surface area contributed by atoms with Crippen LogP contribution in [0, 0.1) is 10.1 Å². The smallest absolute Gasteiger partial charge is 0.336 e. The second kappa shape index (κ2) is 8.14. The van der Waals surface area contributed by atoms with Gasteiger partial charge in [0.15, 0.2) is 5.76 Å². The maximum absolute atomic E-state index is 13.2. The number of carbonyl (C=O) groups excluding carboxylic acids is 2. The molecule has 2 heterocycles. The molecule has 1 aromatic heterocycles. The molecule has 0 radical (unpaired) electrons. The van der Waals surface area contributed by atoms with E-state index in [9.17, 15) is 19.7 Å². The van der Waals surface area contributed by atoms with Crippen LogP contribution in [-0.2, 0) is 9.53 Å². The molecule has 0 saturated carbocycles. The Morgan fingerprint density at radius 2 is 1.83 bits per heavy atom. The number of allylic oxidation sites excluding steroid dienone is 3. The molecule has 0 spiro atoms. The summed E-state index contributed by atoms with van der Waals surface area (Å²) in [6.07, 6.45) is 1.37. The van der Waals surface area contributed by atoms with Crippen molar-refractivity contribution < 1.29 is 23.7 Å². The first-order valence-electron chi connectivity index (χ1n) is 9.04. The second-order valence-electron chi connectivity index (χ2n) is 6.48. The number of rotatable bonds is 6. The first-order valence-corrected chi connectivity index (χ1v) is 9.04. The number of Topliss-reactive ketones (excluding diaryl/α,β-unsaturated/α-hetero) is 1. The molecule has 1 aliphatic heterocycles. The third-order valence-electron chi connectivity index (χ3n) is 4.69. The number of nitro benzene ring substituents is 1. The Bertz CT molecular complexity index is 1030. The summed E-state index contributed by atoms with van der Waals surface area (Å²) < 4.78 is 10.4. The minimum atomic E-state index is -0.977. The van der Waals surface area contributed by atoms with Crippen molar-refractivity contribution in [2.24, 2.45) is 0 Å². The third-order valence-corrected chi connectivity index (χ3v) is 4.69. The number of ether oxygens (including phenoxy) is 1. The van der Waals surface area contributed by atoms with Crippen LogP contribution in [0.5, 0.6) is 0 Å². The number of nitrogens with zero attached hydrogens (tertiary/aromatic N) is 1. The molecule has 2 aromatic rings. The zero-order valence-corrected chi connectivity index (χ0v) is 16.2. The SMILES string of the molecule is CCOC(=O)C1=C(C)NC(C)=C(C(=O)c2ccco2)C1c1ccccc1[N+](=O)[O-]. The monoisotopic (exact) mass is 396 g/mol. The maximum atomic E-state index is 13.2. The largest absolute Gasteiger partial charge is 0.463 e. The topological polar surface area (TPSA) is 112 Å². The van der Waals surface area contributed by atoms with Gasteiger partial charge in [0.05, 0.1) is 29.3 Å². The van der Waals surface area contributed by atoms with Gasteiger partial charge >= 0.3 is 5.97 Å². The van der Waals surface area contributed by atoms with Gasteiger partial charge in [0.25, 0.3) is 5.69 Å². The van der Waals surface area contributed by atoms with E-state index in [1.165, 1.54) is 24.5 Å². The summed E-state index contributed by atoms with van der Waals surface area (Å²) in [6.45, 7) is 5.15. The maximum Gasteiger partial charge on any atom is 0.336 e. The zero-order valence-electron chi connectivity index (χ0n) is 16.2. The summed E-state index contributed by atoms with van der Waals surface area (Å²) in [6, 6.07) is 9.14. The van der Waals surface area contributed by atoms with E-state index in [2.05, 4.69) is 5.32 Å². The number of hydrogen-bond donors (Lipinski definition) is 1. The fourth-order valence-corrected chi connectivity index (χ4v) is 3.52. The number of nitrogens with one attached hydrogen (secondary N) is 1. The van der Waals surface area contributed by atoms with E-state index in [1.807, 2.05) is 0 Å². The lowest BCUT2D eigenvalue weighted by molar-refractivity contribution is -0.385. The van der Waals surface area contributed by atoms with E-state index in [4.69, 9.17) is 9.15 Å². The molecular weight excluding hydrogens is 376 g/mol. The van der Waals surface area contributed by atoms with Crippen LogP contribution in [0.25, 0.3) is 0 Å². The van der Waals surface area contributed by atoms with Gasteiger partial charge in [0.1, 0.15) is 0 Å². The molecule has 29 heavy (non-hydrogen) atoms. The minimum absolute atomic E-state index is 0.0764. The van der Waals surface area contributed by atoms with Crippen molar-refractivity contribution in [1.29, 1.82) is 0 Å². The Balaban J connectivity index is 2.27. The van der Waals surface area contributed by atoms with Crippen molar-refractivity contribution in [2.75, 3.05) is 6.61 Å². The molecule has 1 atom stereocenters. The number of furan rings is 1. The van der Waals surface area contributed by atoms with Crippen molar-refractivity contribution in [1.82, 2.24) is 5.32 Å². The fourth-order valence-electron chi connectivity index (χ4n) is 3.52. The number of esters is 1. The van der Waals surface area contributed by atoms with E-state index in [0.717, 1.165) is 0 Å². The lowest BCUT2D eigenvalue weighted by atomic mass is 9.77.